The third-order valence-corrected chi connectivity index (χ3v) is 3.91. The first-order valence-corrected chi connectivity index (χ1v) is 7.07. The van der Waals surface area contributed by atoms with E-state index in [2.05, 4.69) is 29.2 Å². The Kier molecular flexibility index (Phi) is 4.97. The summed E-state index contributed by atoms with van der Waals surface area (Å²) in [6, 6.07) is 0.142. The van der Waals surface area contributed by atoms with Crippen LogP contribution < -0.4 is 5.32 Å². The van der Waals surface area contributed by atoms with Crippen LogP contribution in [0.5, 0.6) is 0 Å². The van der Waals surface area contributed by atoms with Crippen LogP contribution in [-0.2, 0) is 4.79 Å². The van der Waals surface area contributed by atoms with E-state index in [4.69, 9.17) is 0 Å². The summed E-state index contributed by atoms with van der Waals surface area (Å²) >= 11 is 0. The summed E-state index contributed by atoms with van der Waals surface area (Å²) in [6.07, 6.45) is 2.20. The van der Waals surface area contributed by atoms with Crippen molar-refractivity contribution < 1.29 is 4.79 Å². The molecule has 2 aliphatic rings. The van der Waals surface area contributed by atoms with Crippen LogP contribution >= 0.6 is 0 Å². The summed E-state index contributed by atoms with van der Waals surface area (Å²) in [7, 11) is 4.17. The van der Waals surface area contributed by atoms with E-state index in [1.165, 1.54) is 0 Å². The predicted molar refractivity (Wildman–Crippen MR) is 72.6 cm³/mol. The number of rotatable bonds is 4. The normalized spacial score (nSPS) is 25.9. The van der Waals surface area contributed by atoms with Crippen molar-refractivity contribution >= 4 is 5.91 Å². The second kappa shape index (κ2) is 6.50. The molecule has 2 heterocycles. The second-order valence-corrected chi connectivity index (χ2v) is 5.57. The topological polar surface area (TPSA) is 38.8 Å². The second-order valence-electron chi connectivity index (χ2n) is 5.57. The first-order chi connectivity index (χ1) is 8.68. The molecular weight excluding hydrogens is 228 g/mol. The molecule has 0 aromatic heterocycles. The molecule has 0 aromatic carbocycles. The molecule has 0 radical (unpaired) electrons. The van der Waals surface area contributed by atoms with Gasteiger partial charge in [0.1, 0.15) is 0 Å². The molecule has 0 aromatic rings. The van der Waals surface area contributed by atoms with Gasteiger partial charge in [-0.25, -0.2) is 0 Å². The van der Waals surface area contributed by atoms with Crippen molar-refractivity contribution in [1.29, 1.82) is 0 Å². The highest BCUT2D eigenvalue weighted by molar-refractivity contribution is 5.82. The minimum Gasteiger partial charge on any atom is -0.339 e. The number of nitrogens with one attached hydrogen (secondary N) is 1. The Labute approximate surface area is 110 Å². The number of carbonyl (C=O) groups is 1. The van der Waals surface area contributed by atoms with Gasteiger partial charge in [-0.05, 0) is 33.5 Å². The minimum absolute atomic E-state index is 0.142. The van der Waals surface area contributed by atoms with Crippen LogP contribution in [0, 0.1) is 0 Å². The Bertz CT molecular complexity index is 276. The number of hydrogen-bond acceptors (Lipinski definition) is 4. The average Bonchev–Trinajstić information content (AvgIpc) is 2.85. The van der Waals surface area contributed by atoms with E-state index < -0.39 is 0 Å². The lowest BCUT2D eigenvalue weighted by Crippen LogP contribution is -2.53. The molecule has 18 heavy (non-hydrogen) atoms. The number of carbonyl (C=O) groups excluding carboxylic acids is 1. The summed E-state index contributed by atoms with van der Waals surface area (Å²) in [4.78, 5) is 19.1. The highest BCUT2D eigenvalue weighted by atomic mass is 16.2. The molecule has 0 aliphatic carbocycles. The number of nitrogens with zero attached hydrogens (tertiary/aromatic N) is 3. The van der Waals surface area contributed by atoms with Crippen LogP contribution in [-0.4, -0.2) is 86.6 Å². The molecule has 1 amide bonds. The zero-order valence-electron chi connectivity index (χ0n) is 11.7. The molecule has 2 aliphatic heterocycles. The zero-order chi connectivity index (χ0) is 13.0. The molecule has 5 nitrogen and oxygen atoms in total. The lowest BCUT2D eigenvalue weighted by atomic mass is 10.1. The molecule has 1 atom stereocenters. The number of likely N-dealkylation sites (N-methyl/N-ethyl adjacent to an activating group) is 1. The fourth-order valence-corrected chi connectivity index (χ4v) is 2.80. The minimum atomic E-state index is 0.142. The van der Waals surface area contributed by atoms with Gasteiger partial charge in [0.05, 0.1) is 6.04 Å². The van der Waals surface area contributed by atoms with Crippen molar-refractivity contribution in [1.82, 2.24) is 20.0 Å². The Morgan fingerprint density at radius 2 is 2.00 bits per heavy atom. The summed E-state index contributed by atoms with van der Waals surface area (Å²) < 4.78 is 0. The highest BCUT2D eigenvalue weighted by Gasteiger charge is 2.33. The van der Waals surface area contributed by atoms with Crippen LogP contribution in [0.4, 0.5) is 0 Å². The summed E-state index contributed by atoms with van der Waals surface area (Å²) in [6.45, 7) is 6.75. The molecule has 0 saturated carbocycles. The van der Waals surface area contributed by atoms with Gasteiger partial charge in [0, 0.05) is 39.3 Å². The molecule has 2 fully saturated rings. The largest absolute Gasteiger partial charge is 0.339 e. The molecular formula is C13H26N4O. The van der Waals surface area contributed by atoms with E-state index in [1.807, 2.05) is 4.90 Å². The van der Waals surface area contributed by atoms with Crippen molar-refractivity contribution in [3.63, 3.8) is 0 Å². The number of amides is 1. The number of hydrogen-bond donors (Lipinski definition) is 1. The van der Waals surface area contributed by atoms with Gasteiger partial charge in [0.2, 0.25) is 5.91 Å². The van der Waals surface area contributed by atoms with Gasteiger partial charge in [-0.3, -0.25) is 9.69 Å². The maximum Gasteiger partial charge on any atom is 0.240 e. The van der Waals surface area contributed by atoms with E-state index in [0.29, 0.717) is 5.91 Å². The Balaban J connectivity index is 1.87. The number of piperazine rings is 1. The molecule has 1 unspecified atom stereocenters. The van der Waals surface area contributed by atoms with Gasteiger partial charge in [0.15, 0.2) is 0 Å². The van der Waals surface area contributed by atoms with E-state index in [9.17, 15) is 4.79 Å². The van der Waals surface area contributed by atoms with Crippen LogP contribution in [0.3, 0.4) is 0 Å². The fraction of sp³-hybridized carbons (Fsp3) is 0.923. The zero-order valence-corrected chi connectivity index (χ0v) is 11.7. The molecule has 2 rings (SSSR count). The standard InChI is InChI=1S/C13H26N4O/c1-15(2)10-11-16-7-3-4-12(16)13(18)17-8-5-14-6-9-17/h12,14H,3-11H2,1-2H3. The smallest absolute Gasteiger partial charge is 0.240 e. The molecule has 104 valence electrons. The Morgan fingerprint density at radius 1 is 1.28 bits per heavy atom. The third-order valence-electron chi connectivity index (χ3n) is 3.91. The van der Waals surface area contributed by atoms with Crippen molar-refractivity contribution in [2.75, 3.05) is 59.9 Å². The SMILES string of the molecule is CN(C)CCN1CCCC1C(=O)N1CCNCC1. The lowest BCUT2D eigenvalue weighted by molar-refractivity contribution is -0.136. The van der Waals surface area contributed by atoms with Crippen molar-refractivity contribution in [3.8, 4) is 0 Å². The quantitative estimate of drug-likeness (QED) is 0.730. The van der Waals surface area contributed by atoms with Crippen LogP contribution in [0.1, 0.15) is 12.8 Å². The molecule has 0 spiro atoms. The highest BCUT2D eigenvalue weighted by Crippen LogP contribution is 2.19. The number of likely N-dealkylation sites (tertiary alicyclic amines) is 1. The van der Waals surface area contributed by atoms with E-state index >= 15 is 0 Å². The summed E-state index contributed by atoms with van der Waals surface area (Å²) in [5, 5.41) is 3.30. The summed E-state index contributed by atoms with van der Waals surface area (Å²) in [5.41, 5.74) is 0. The summed E-state index contributed by atoms with van der Waals surface area (Å²) in [5.74, 6) is 0.354. The molecule has 5 heteroatoms. The maximum absolute atomic E-state index is 12.5. The van der Waals surface area contributed by atoms with Gasteiger partial charge in [0.25, 0.3) is 0 Å². The van der Waals surface area contributed by atoms with E-state index in [0.717, 1.165) is 58.7 Å². The maximum atomic E-state index is 12.5. The van der Waals surface area contributed by atoms with Crippen molar-refractivity contribution in [3.05, 3.63) is 0 Å². The van der Waals surface area contributed by atoms with Crippen LogP contribution in [0.25, 0.3) is 0 Å². The first-order valence-electron chi connectivity index (χ1n) is 7.07. The molecule has 1 N–H and O–H groups in total. The molecule has 0 bridgehead atoms. The monoisotopic (exact) mass is 254 g/mol. The fourth-order valence-electron chi connectivity index (χ4n) is 2.80. The van der Waals surface area contributed by atoms with Gasteiger partial charge in [-0.2, -0.15) is 0 Å². The van der Waals surface area contributed by atoms with Gasteiger partial charge < -0.3 is 15.1 Å². The third kappa shape index (κ3) is 3.43. The first kappa shape index (κ1) is 13.8. The average molecular weight is 254 g/mol. The van der Waals surface area contributed by atoms with E-state index in [1.54, 1.807) is 0 Å². The van der Waals surface area contributed by atoms with E-state index in [-0.39, 0.29) is 6.04 Å². The van der Waals surface area contributed by atoms with Crippen molar-refractivity contribution in [2.45, 2.75) is 18.9 Å². The lowest BCUT2D eigenvalue weighted by Gasteiger charge is -2.33. The Morgan fingerprint density at radius 3 is 2.67 bits per heavy atom. The van der Waals surface area contributed by atoms with Gasteiger partial charge in [-0.1, -0.05) is 0 Å². The Hall–Kier alpha value is -0.650. The van der Waals surface area contributed by atoms with Gasteiger partial charge in [-0.15, -0.1) is 0 Å². The molecule has 2 saturated heterocycles. The van der Waals surface area contributed by atoms with Gasteiger partial charge >= 0.3 is 0 Å². The van der Waals surface area contributed by atoms with Crippen LogP contribution in [0.15, 0.2) is 0 Å². The van der Waals surface area contributed by atoms with Crippen molar-refractivity contribution in [2.24, 2.45) is 0 Å². The van der Waals surface area contributed by atoms with Crippen LogP contribution in [0.2, 0.25) is 0 Å². The predicted octanol–water partition coefficient (Wildman–Crippen LogP) is -0.556.